The summed E-state index contributed by atoms with van der Waals surface area (Å²) in [5.41, 5.74) is 1.20. The third-order valence-corrected chi connectivity index (χ3v) is 8.28. The van der Waals surface area contributed by atoms with Gasteiger partial charge in [0.1, 0.15) is 6.04 Å². The van der Waals surface area contributed by atoms with E-state index in [4.69, 9.17) is 16.3 Å². The number of amides is 2. The molecule has 1 unspecified atom stereocenters. The average Bonchev–Trinajstić information content (AvgIpc) is 3.60. The number of rotatable bonds is 8. The summed E-state index contributed by atoms with van der Waals surface area (Å²) in [4.78, 5) is 30.6. The lowest BCUT2D eigenvalue weighted by Gasteiger charge is -2.33. The first-order valence-electron chi connectivity index (χ1n) is 13.2. The summed E-state index contributed by atoms with van der Waals surface area (Å²) in [6, 6.07) is 11.4. The van der Waals surface area contributed by atoms with Gasteiger partial charge in [0, 0.05) is 35.6 Å². The number of nitrogens with zero attached hydrogens (tertiary/aromatic N) is 2. The van der Waals surface area contributed by atoms with Crippen molar-refractivity contribution in [1.82, 2.24) is 15.1 Å². The Morgan fingerprint density at radius 3 is 2.54 bits per heavy atom. The molecule has 37 heavy (non-hydrogen) atoms. The first kappa shape index (κ1) is 26.0. The van der Waals surface area contributed by atoms with E-state index in [1.54, 1.807) is 12.1 Å². The van der Waals surface area contributed by atoms with Crippen LogP contribution in [0.3, 0.4) is 0 Å². The number of hydrogen-bond donors (Lipinski definition) is 1. The predicted molar refractivity (Wildman–Crippen MR) is 141 cm³/mol. The normalized spacial score (nSPS) is 24.0. The number of ether oxygens (including phenoxy) is 1. The maximum absolute atomic E-state index is 14.6. The Morgan fingerprint density at radius 2 is 1.86 bits per heavy atom. The van der Waals surface area contributed by atoms with Crippen molar-refractivity contribution in [2.75, 3.05) is 33.8 Å². The van der Waals surface area contributed by atoms with Gasteiger partial charge in [0.05, 0.1) is 6.61 Å². The van der Waals surface area contributed by atoms with E-state index in [2.05, 4.69) is 5.32 Å². The van der Waals surface area contributed by atoms with Gasteiger partial charge >= 0.3 is 0 Å². The van der Waals surface area contributed by atoms with Crippen molar-refractivity contribution in [1.29, 1.82) is 0 Å². The van der Waals surface area contributed by atoms with Crippen molar-refractivity contribution in [2.45, 2.75) is 44.2 Å². The first-order valence-corrected chi connectivity index (χ1v) is 13.6. The molecule has 198 valence electrons. The highest BCUT2D eigenvalue weighted by Gasteiger charge is 2.44. The maximum atomic E-state index is 14.6. The third kappa shape index (κ3) is 5.93. The minimum Gasteiger partial charge on any atom is -0.490 e. The highest BCUT2D eigenvalue weighted by atomic mass is 35.5. The van der Waals surface area contributed by atoms with E-state index in [1.165, 1.54) is 6.07 Å². The van der Waals surface area contributed by atoms with Crippen LogP contribution in [0.15, 0.2) is 42.5 Å². The van der Waals surface area contributed by atoms with Gasteiger partial charge in [-0.3, -0.25) is 14.5 Å². The zero-order valence-corrected chi connectivity index (χ0v) is 22.2. The molecule has 5 rings (SSSR count). The molecule has 6 nitrogen and oxygen atoms in total. The van der Waals surface area contributed by atoms with Gasteiger partial charge in [0.2, 0.25) is 5.91 Å². The van der Waals surface area contributed by atoms with Crippen LogP contribution >= 0.6 is 11.6 Å². The Bertz CT molecular complexity index is 1140. The number of benzene rings is 2. The number of halogens is 2. The van der Waals surface area contributed by atoms with Crippen LogP contribution in [0.25, 0.3) is 0 Å². The monoisotopic (exact) mass is 527 g/mol. The van der Waals surface area contributed by atoms with Crippen LogP contribution in [0, 0.1) is 23.6 Å². The van der Waals surface area contributed by atoms with Crippen molar-refractivity contribution in [3.8, 4) is 5.75 Å². The molecule has 2 aliphatic carbocycles. The number of carbonyl (C=O) groups is 2. The standard InChI is InChI=1S/C29H35ClFN3O3/c1-33(2)27(19-8-11-22(30)12-9-19)29(36)34-15-21-4-3-5-25(23(21)16-34)32-28(35)20-10-13-26(24(31)14-20)37-17-18-6-7-18/h8-14,18,21,23,25,27H,3-7,15-17H2,1-2H3,(H,32,35)/t21-,23+,25-,27?/m1/s1. The van der Waals surface area contributed by atoms with Crippen LogP contribution in [0.1, 0.15) is 54.1 Å². The summed E-state index contributed by atoms with van der Waals surface area (Å²) >= 11 is 6.06. The van der Waals surface area contributed by atoms with Gasteiger partial charge < -0.3 is 15.0 Å². The molecule has 8 heteroatoms. The van der Waals surface area contributed by atoms with Crippen LogP contribution in [-0.2, 0) is 4.79 Å². The van der Waals surface area contributed by atoms with Crippen LogP contribution in [0.5, 0.6) is 5.75 Å². The molecule has 2 saturated carbocycles. The molecule has 0 aromatic heterocycles. The van der Waals surface area contributed by atoms with Crippen molar-refractivity contribution in [3.05, 3.63) is 64.4 Å². The third-order valence-electron chi connectivity index (χ3n) is 8.03. The van der Waals surface area contributed by atoms with E-state index in [0.717, 1.165) is 37.7 Å². The number of carbonyl (C=O) groups excluding carboxylic acids is 2. The van der Waals surface area contributed by atoms with Gasteiger partial charge in [-0.05, 0) is 87.5 Å². The molecule has 4 atom stereocenters. The molecular formula is C29H35ClFN3O3. The molecule has 1 heterocycles. The van der Waals surface area contributed by atoms with Crippen LogP contribution < -0.4 is 10.1 Å². The summed E-state index contributed by atoms with van der Waals surface area (Å²) in [6.07, 6.45) is 5.15. The quantitative estimate of drug-likeness (QED) is 0.529. The lowest BCUT2D eigenvalue weighted by molar-refractivity contribution is -0.135. The van der Waals surface area contributed by atoms with Gasteiger partial charge in [-0.25, -0.2) is 4.39 Å². The second kappa shape index (κ2) is 11.0. The van der Waals surface area contributed by atoms with Crippen LogP contribution in [-0.4, -0.2) is 61.4 Å². The van der Waals surface area contributed by atoms with Crippen molar-refractivity contribution < 1.29 is 18.7 Å². The number of nitrogens with one attached hydrogen (secondary N) is 1. The van der Waals surface area contributed by atoms with E-state index in [-0.39, 0.29) is 29.5 Å². The minimum atomic E-state index is -0.510. The first-order chi connectivity index (χ1) is 17.8. The van der Waals surface area contributed by atoms with Gasteiger partial charge in [-0.2, -0.15) is 0 Å². The number of fused-ring (bicyclic) bond motifs is 1. The number of likely N-dealkylation sites (N-methyl/N-ethyl adjacent to an activating group) is 1. The number of likely N-dealkylation sites (tertiary alicyclic amines) is 1. The summed E-state index contributed by atoms with van der Waals surface area (Å²) < 4.78 is 20.1. The molecule has 2 amide bonds. The van der Waals surface area contributed by atoms with Gasteiger partial charge in [-0.1, -0.05) is 30.2 Å². The Morgan fingerprint density at radius 1 is 1.11 bits per heavy atom. The molecule has 1 aliphatic heterocycles. The lowest BCUT2D eigenvalue weighted by atomic mass is 9.78. The molecule has 2 aromatic rings. The smallest absolute Gasteiger partial charge is 0.251 e. The molecule has 0 radical (unpaired) electrons. The zero-order chi connectivity index (χ0) is 26.1. The summed E-state index contributed by atoms with van der Waals surface area (Å²) in [5, 5.41) is 3.79. The van der Waals surface area contributed by atoms with Crippen molar-refractivity contribution in [2.24, 2.45) is 17.8 Å². The van der Waals surface area contributed by atoms with Gasteiger partial charge in [0.25, 0.3) is 5.91 Å². The molecule has 1 saturated heterocycles. The average molecular weight is 528 g/mol. The fraction of sp³-hybridized carbons (Fsp3) is 0.517. The Kier molecular flexibility index (Phi) is 7.72. The molecule has 2 aromatic carbocycles. The van der Waals surface area contributed by atoms with Gasteiger partial charge in [0.15, 0.2) is 11.6 Å². The van der Waals surface area contributed by atoms with Crippen LogP contribution in [0.2, 0.25) is 5.02 Å². The Hall–Kier alpha value is -2.64. The SMILES string of the molecule is CN(C)C(C(=O)N1C[C@H]2CCC[C@@H](NC(=O)c3ccc(OCC4CC4)c(F)c3)[C@H]2C1)c1ccc(Cl)cc1. The van der Waals surface area contributed by atoms with Gasteiger partial charge in [-0.15, -0.1) is 0 Å². The summed E-state index contributed by atoms with van der Waals surface area (Å²) in [6.45, 7) is 1.82. The second-order valence-electron chi connectivity index (χ2n) is 11.0. The number of hydrogen-bond acceptors (Lipinski definition) is 4. The minimum absolute atomic E-state index is 0.0498. The van der Waals surface area contributed by atoms with E-state index >= 15 is 0 Å². The van der Waals surface area contributed by atoms with Crippen molar-refractivity contribution >= 4 is 23.4 Å². The fourth-order valence-corrected chi connectivity index (χ4v) is 5.94. The Labute approximate surface area is 223 Å². The molecular weight excluding hydrogens is 493 g/mol. The van der Waals surface area contributed by atoms with Crippen molar-refractivity contribution in [3.63, 3.8) is 0 Å². The highest BCUT2D eigenvalue weighted by molar-refractivity contribution is 6.30. The van der Waals surface area contributed by atoms with E-state index in [9.17, 15) is 14.0 Å². The summed E-state index contributed by atoms with van der Waals surface area (Å²) in [5.74, 6) is 0.517. The highest BCUT2D eigenvalue weighted by Crippen LogP contribution is 2.38. The zero-order valence-electron chi connectivity index (χ0n) is 21.5. The molecule has 0 spiro atoms. The molecule has 0 bridgehead atoms. The Balaban J connectivity index is 1.24. The van der Waals surface area contributed by atoms with Crippen LogP contribution in [0.4, 0.5) is 4.39 Å². The van der Waals surface area contributed by atoms with E-state index < -0.39 is 11.9 Å². The maximum Gasteiger partial charge on any atom is 0.251 e. The summed E-state index contributed by atoms with van der Waals surface area (Å²) in [7, 11) is 3.81. The molecule has 3 aliphatic rings. The largest absolute Gasteiger partial charge is 0.490 e. The lowest BCUT2D eigenvalue weighted by Crippen LogP contribution is -2.45. The van der Waals surface area contributed by atoms with E-state index in [1.807, 2.05) is 48.2 Å². The molecule has 3 fully saturated rings. The fourth-order valence-electron chi connectivity index (χ4n) is 5.81. The topological polar surface area (TPSA) is 61.9 Å². The molecule has 1 N–H and O–H groups in total. The second-order valence-corrected chi connectivity index (χ2v) is 11.4. The predicted octanol–water partition coefficient (Wildman–Crippen LogP) is 4.93. The van der Waals surface area contributed by atoms with E-state index in [0.29, 0.717) is 42.1 Å².